The highest BCUT2D eigenvalue weighted by Gasteiger charge is 2.10. The van der Waals surface area contributed by atoms with Crippen molar-refractivity contribution >= 4 is 0 Å². The molecule has 1 saturated heterocycles. The van der Waals surface area contributed by atoms with Gasteiger partial charge in [-0.05, 0) is 57.0 Å². The number of likely N-dealkylation sites (tertiary alicyclic amines) is 1. The molecule has 0 radical (unpaired) electrons. The zero-order chi connectivity index (χ0) is 13.5. The second-order valence-corrected chi connectivity index (χ2v) is 5.28. The van der Waals surface area contributed by atoms with Crippen LogP contribution in [0.3, 0.4) is 0 Å². The first-order valence-electron chi connectivity index (χ1n) is 7.26. The Morgan fingerprint density at radius 1 is 1.05 bits per heavy atom. The third-order valence-electron chi connectivity index (χ3n) is 3.58. The highest BCUT2D eigenvalue weighted by Crippen LogP contribution is 2.18. The van der Waals surface area contributed by atoms with E-state index in [1.54, 1.807) is 0 Å². The Balaban J connectivity index is 1.57. The van der Waals surface area contributed by atoms with Crippen molar-refractivity contribution in [3.8, 4) is 5.75 Å². The van der Waals surface area contributed by atoms with Crippen LogP contribution in [0.5, 0.6) is 5.75 Å². The first kappa shape index (κ1) is 14.4. The molecule has 0 saturated carbocycles. The average molecular weight is 263 g/mol. The van der Waals surface area contributed by atoms with Crippen LogP contribution in [0.1, 0.15) is 24.0 Å². The molecule has 106 valence electrons. The Hall–Kier alpha value is -1.06. The van der Waals surface area contributed by atoms with E-state index in [0.717, 1.165) is 18.9 Å². The fraction of sp³-hybridized carbons (Fsp3) is 0.625. The monoisotopic (exact) mass is 263 g/mol. The molecule has 2 rings (SSSR count). The van der Waals surface area contributed by atoms with Crippen molar-refractivity contribution in [1.82, 2.24) is 4.90 Å². The van der Waals surface area contributed by atoms with Crippen LogP contribution in [0.25, 0.3) is 0 Å². The van der Waals surface area contributed by atoms with E-state index in [1.165, 1.54) is 37.1 Å². The molecule has 0 unspecified atom stereocenters. The van der Waals surface area contributed by atoms with Crippen LogP contribution in [0.4, 0.5) is 0 Å². The summed E-state index contributed by atoms with van der Waals surface area (Å²) in [5, 5.41) is 0. The Morgan fingerprint density at radius 2 is 1.84 bits per heavy atom. The zero-order valence-corrected chi connectivity index (χ0v) is 12.2. The van der Waals surface area contributed by atoms with Crippen molar-refractivity contribution < 1.29 is 9.47 Å². The van der Waals surface area contributed by atoms with E-state index in [1.807, 2.05) is 0 Å². The lowest BCUT2D eigenvalue weighted by atomic mass is 10.1. The van der Waals surface area contributed by atoms with Gasteiger partial charge in [-0.3, -0.25) is 0 Å². The second-order valence-electron chi connectivity index (χ2n) is 5.28. The van der Waals surface area contributed by atoms with Gasteiger partial charge in [0, 0.05) is 6.54 Å². The molecule has 1 fully saturated rings. The predicted molar refractivity (Wildman–Crippen MR) is 77.9 cm³/mol. The fourth-order valence-electron chi connectivity index (χ4n) is 2.38. The van der Waals surface area contributed by atoms with Crippen LogP contribution >= 0.6 is 0 Å². The van der Waals surface area contributed by atoms with E-state index in [4.69, 9.17) is 9.47 Å². The molecule has 19 heavy (non-hydrogen) atoms. The molecule has 1 aliphatic heterocycles. The third-order valence-corrected chi connectivity index (χ3v) is 3.58. The third kappa shape index (κ3) is 4.84. The van der Waals surface area contributed by atoms with Gasteiger partial charge in [-0.1, -0.05) is 12.1 Å². The van der Waals surface area contributed by atoms with Crippen LogP contribution in [-0.2, 0) is 4.74 Å². The number of hydrogen-bond donors (Lipinski definition) is 0. The molecule has 3 heteroatoms. The summed E-state index contributed by atoms with van der Waals surface area (Å²) in [7, 11) is 0. The summed E-state index contributed by atoms with van der Waals surface area (Å²) in [6.45, 7) is 9.80. The molecule has 0 spiro atoms. The van der Waals surface area contributed by atoms with Gasteiger partial charge in [-0.2, -0.15) is 0 Å². The lowest BCUT2D eigenvalue weighted by molar-refractivity contribution is 0.0844. The minimum absolute atomic E-state index is 0.629. The molecule has 0 bridgehead atoms. The summed E-state index contributed by atoms with van der Waals surface area (Å²) in [5.74, 6) is 0.975. The maximum Gasteiger partial charge on any atom is 0.122 e. The van der Waals surface area contributed by atoms with Gasteiger partial charge in [-0.25, -0.2) is 0 Å². The highest BCUT2D eigenvalue weighted by molar-refractivity contribution is 5.35. The Labute approximate surface area is 116 Å². The molecule has 1 aliphatic rings. The van der Waals surface area contributed by atoms with Crippen molar-refractivity contribution in [2.24, 2.45) is 0 Å². The first-order chi connectivity index (χ1) is 9.25. The summed E-state index contributed by atoms with van der Waals surface area (Å²) < 4.78 is 11.4. The molecule has 0 aliphatic carbocycles. The van der Waals surface area contributed by atoms with Gasteiger partial charge in [0.25, 0.3) is 0 Å². The van der Waals surface area contributed by atoms with Crippen LogP contribution in [-0.4, -0.2) is 44.4 Å². The fourth-order valence-corrected chi connectivity index (χ4v) is 2.38. The summed E-state index contributed by atoms with van der Waals surface area (Å²) in [5.41, 5.74) is 2.42. The number of nitrogens with zero attached hydrogens (tertiary/aromatic N) is 1. The average Bonchev–Trinajstić information content (AvgIpc) is 2.90. The molecular formula is C16H25NO2. The molecule has 3 nitrogen and oxygen atoms in total. The molecule has 1 aromatic rings. The minimum atomic E-state index is 0.629. The van der Waals surface area contributed by atoms with E-state index >= 15 is 0 Å². The number of rotatable bonds is 7. The quantitative estimate of drug-likeness (QED) is 0.706. The Kier molecular flexibility index (Phi) is 5.67. The summed E-state index contributed by atoms with van der Waals surface area (Å²) in [6.07, 6.45) is 2.69. The molecule has 1 heterocycles. The first-order valence-corrected chi connectivity index (χ1v) is 7.26. The number of ether oxygens (including phenoxy) is 2. The van der Waals surface area contributed by atoms with E-state index in [0.29, 0.717) is 13.2 Å². The van der Waals surface area contributed by atoms with E-state index in [2.05, 4.69) is 36.9 Å². The molecular weight excluding hydrogens is 238 g/mol. The molecule has 0 aromatic heterocycles. The summed E-state index contributed by atoms with van der Waals surface area (Å²) >= 11 is 0. The lowest BCUT2D eigenvalue weighted by Gasteiger charge is -2.14. The van der Waals surface area contributed by atoms with Gasteiger partial charge >= 0.3 is 0 Å². The van der Waals surface area contributed by atoms with Crippen LogP contribution in [0.15, 0.2) is 18.2 Å². The van der Waals surface area contributed by atoms with Crippen molar-refractivity contribution in [3.63, 3.8) is 0 Å². The maximum atomic E-state index is 5.75. The second kappa shape index (κ2) is 7.51. The van der Waals surface area contributed by atoms with Gasteiger partial charge in [-0.15, -0.1) is 0 Å². The number of hydrogen-bond acceptors (Lipinski definition) is 3. The zero-order valence-electron chi connectivity index (χ0n) is 12.2. The highest BCUT2D eigenvalue weighted by atomic mass is 16.5. The van der Waals surface area contributed by atoms with Gasteiger partial charge in [0.2, 0.25) is 0 Å². The number of benzene rings is 1. The maximum absolute atomic E-state index is 5.75. The van der Waals surface area contributed by atoms with Gasteiger partial charge < -0.3 is 14.4 Å². The van der Waals surface area contributed by atoms with E-state index in [9.17, 15) is 0 Å². The Bertz CT molecular complexity index is 386. The summed E-state index contributed by atoms with van der Waals surface area (Å²) in [4.78, 5) is 2.46. The van der Waals surface area contributed by atoms with E-state index < -0.39 is 0 Å². The largest absolute Gasteiger partial charge is 0.491 e. The van der Waals surface area contributed by atoms with Crippen molar-refractivity contribution in [2.45, 2.75) is 26.7 Å². The molecule has 1 aromatic carbocycles. The van der Waals surface area contributed by atoms with Crippen molar-refractivity contribution in [1.29, 1.82) is 0 Å². The number of aryl methyl sites for hydroxylation is 2. The lowest BCUT2D eigenvalue weighted by Crippen LogP contribution is -2.24. The van der Waals surface area contributed by atoms with E-state index in [-0.39, 0.29) is 0 Å². The van der Waals surface area contributed by atoms with Crippen LogP contribution in [0, 0.1) is 13.8 Å². The van der Waals surface area contributed by atoms with Gasteiger partial charge in [0.05, 0.1) is 13.2 Å². The molecule has 0 atom stereocenters. The smallest absolute Gasteiger partial charge is 0.122 e. The predicted octanol–water partition coefficient (Wildman–Crippen LogP) is 2.79. The Morgan fingerprint density at radius 3 is 2.63 bits per heavy atom. The van der Waals surface area contributed by atoms with Crippen LogP contribution < -0.4 is 4.74 Å². The van der Waals surface area contributed by atoms with Crippen molar-refractivity contribution in [2.75, 3.05) is 39.5 Å². The van der Waals surface area contributed by atoms with Crippen molar-refractivity contribution in [3.05, 3.63) is 29.3 Å². The summed E-state index contributed by atoms with van der Waals surface area (Å²) in [6, 6.07) is 6.28. The minimum Gasteiger partial charge on any atom is -0.491 e. The van der Waals surface area contributed by atoms with Gasteiger partial charge in [0.15, 0.2) is 0 Å². The molecule has 0 N–H and O–H groups in total. The standard InChI is InChI=1S/C16H25NO2/c1-14-5-6-15(2)16(13-14)19-12-11-18-10-9-17-7-3-4-8-17/h5-6,13H,3-4,7-12H2,1-2H3. The normalized spacial score (nSPS) is 15.9. The van der Waals surface area contributed by atoms with Crippen LogP contribution in [0.2, 0.25) is 0 Å². The molecule has 0 amide bonds. The van der Waals surface area contributed by atoms with Gasteiger partial charge in [0.1, 0.15) is 12.4 Å². The SMILES string of the molecule is Cc1ccc(C)c(OCCOCCN2CCCC2)c1. The topological polar surface area (TPSA) is 21.7 Å².